The number of hydrogen-bond acceptors (Lipinski definition) is 4. The Morgan fingerprint density at radius 2 is 2.00 bits per heavy atom. The van der Waals surface area contributed by atoms with Crippen molar-refractivity contribution in [3.63, 3.8) is 0 Å². The van der Waals surface area contributed by atoms with Crippen LogP contribution in [-0.4, -0.2) is 17.9 Å². The highest BCUT2D eigenvalue weighted by atomic mass is 32.1. The summed E-state index contributed by atoms with van der Waals surface area (Å²) in [5.74, 6) is -0.955. The van der Waals surface area contributed by atoms with Crippen molar-refractivity contribution in [3.8, 4) is 0 Å². The number of carbonyl (C=O) groups is 2. The van der Waals surface area contributed by atoms with E-state index in [4.69, 9.17) is 0 Å². The molecule has 0 saturated carbocycles. The van der Waals surface area contributed by atoms with E-state index in [0.29, 0.717) is 12.2 Å². The third-order valence-corrected chi connectivity index (χ3v) is 4.21. The Kier molecular flexibility index (Phi) is 3.81. The number of thiophene rings is 1. The van der Waals surface area contributed by atoms with E-state index in [0.717, 1.165) is 9.78 Å². The summed E-state index contributed by atoms with van der Waals surface area (Å²) in [6, 6.07) is 8.74. The van der Waals surface area contributed by atoms with Gasteiger partial charge >= 0.3 is 0 Å². The molecule has 1 atom stereocenters. The molecule has 1 saturated heterocycles. The van der Waals surface area contributed by atoms with Crippen molar-refractivity contribution in [2.24, 2.45) is 0 Å². The van der Waals surface area contributed by atoms with Gasteiger partial charge in [-0.3, -0.25) is 9.59 Å². The van der Waals surface area contributed by atoms with Gasteiger partial charge in [-0.25, -0.2) is 9.29 Å². The second-order valence-electron chi connectivity index (χ2n) is 4.76. The van der Waals surface area contributed by atoms with Gasteiger partial charge in [0.05, 0.1) is 18.2 Å². The van der Waals surface area contributed by atoms with Crippen LogP contribution in [0.15, 0.2) is 41.8 Å². The van der Waals surface area contributed by atoms with Gasteiger partial charge in [0.25, 0.3) is 5.91 Å². The molecule has 3 rings (SSSR count). The number of halogens is 1. The third-order valence-electron chi connectivity index (χ3n) is 3.33. The van der Waals surface area contributed by atoms with Crippen LogP contribution < -0.4 is 10.2 Å². The molecule has 4 nitrogen and oxygen atoms in total. The van der Waals surface area contributed by atoms with Crippen LogP contribution in [0, 0.1) is 5.82 Å². The van der Waals surface area contributed by atoms with Crippen LogP contribution >= 0.6 is 11.3 Å². The van der Waals surface area contributed by atoms with E-state index in [1.807, 2.05) is 17.5 Å². The predicted molar refractivity (Wildman–Crippen MR) is 78.5 cm³/mol. The zero-order valence-corrected chi connectivity index (χ0v) is 11.9. The van der Waals surface area contributed by atoms with Crippen molar-refractivity contribution in [1.82, 2.24) is 5.32 Å². The van der Waals surface area contributed by atoms with Crippen molar-refractivity contribution in [1.29, 1.82) is 0 Å². The van der Waals surface area contributed by atoms with Crippen LogP contribution in [0.3, 0.4) is 0 Å². The van der Waals surface area contributed by atoms with Gasteiger partial charge in [0.15, 0.2) is 0 Å². The summed E-state index contributed by atoms with van der Waals surface area (Å²) in [5, 5.41) is 5.06. The molecule has 2 amide bonds. The van der Waals surface area contributed by atoms with E-state index < -0.39 is 11.9 Å². The smallest absolute Gasteiger partial charge is 0.251 e. The maximum absolute atomic E-state index is 12.9. The first-order chi connectivity index (χ1) is 10.1. The van der Waals surface area contributed by atoms with E-state index in [-0.39, 0.29) is 18.2 Å². The van der Waals surface area contributed by atoms with Crippen molar-refractivity contribution in [3.05, 3.63) is 52.5 Å². The predicted octanol–water partition coefficient (Wildman–Crippen LogP) is 2.31. The van der Waals surface area contributed by atoms with Crippen LogP contribution in [0.4, 0.5) is 10.1 Å². The Morgan fingerprint density at radius 1 is 1.24 bits per heavy atom. The monoisotopic (exact) mass is 304 g/mol. The maximum Gasteiger partial charge on any atom is 0.251 e. The summed E-state index contributed by atoms with van der Waals surface area (Å²) >= 11 is 1.59. The number of imide groups is 1. The third kappa shape index (κ3) is 2.86. The van der Waals surface area contributed by atoms with Gasteiger partial charge in [-0.15, -0.1) is 11.3 Å². The summed E-state index contributed by atoms with van der Waals surface area (Å²) in [7, 11) is 0. The van der Waals surface area contributed by atoms with Crippen molar-refractivity contribution < 1.29 is 14.0 Å². The van der Waals surface area contributed by atoms with Gasteiger partial charge in [0.1, 0.15) is 5.82 Å². The second-order valence-corrected chi connectivity index (χ2v) is 5.79. The Morgan fingerprint density at radius 3 is 2.67 bits per heavy atom. The van der Waals surface area contributed by atoms with E-state index in [1.165, 1.54) is 24.3 Å². The molecule has 0 radical (unpaired) electrons. The van der Waals surface area contributed by atoms with Gasteiger partial charge in [-0.05, 0) is 35.7 Å². The van der Waals surface area contributed by atoms with E-state index in [1.54, 1.807) is 11.3 Å². The fourth-order valence-corrected chi connectivity index (χ4v) is 2.95. The largest absolute Gasteiger partial charge is 0.300 e. The van der Waals surface area contributed by atoms with Crippen molar-refractivity contribution >= 4 is 28.8 Å². The molecule has 1 aliphatic rings. The van der Waals surface area contributed by atoms with Gasteiger partial charge in [-0.2, -0.15) is 0 Å². The molecule has 1 aromatic carbocycles. The molecule has 1 aliphatic heterocycles. The molecule has 0 unspecified atom stereocenters. The van der Waals surface area contributed by atoms with Gasteiger partial charge in [-0.1, -0.05) is 6.07 Å². The van der Waals surface area contributed by atoms with Crippen LogP contribution in [0.25, 0.3) is 0 Å². The SMILES string of the molecule is O=C1C[C@@H](NCc2cccs2)C(=O)N1c1ccc(F)cc1. The quantitative estimate of drug-likeness (QED) is 0.882. The Hall–Kier alpha value is -2.05. The zero-order chi connectivity index (χ0) is 14.8. The Balaban J connectivity index is 1.71. The number of nitrogens with one attached hydrogen (secondary N) is 1. The summed E-state index contributed by atoms with van der Waals surface area (Å²) in [6.45, 7) is 0.554. The van der Waals surface area contributed by atoms with Crippen molar-refractivity contribution in [2.75, 3.05) is 4.90 Å². The molecule has 2 heterocycles. The first-order valence-electron chi connectivity index (χ1n) is 6.53. The van der Waals surface area contributed by atoms with Gasteiger partial charge in [0.2, 0.25) is 5.91 Å². The number of carbonyl (C=O) groups excluding carboxylic acids is 2. The fourth-order valence-electron chi connectivity index (χ4n) is 2.29. The topological polar surface area (TPSA) is 49.4 Å². The lowest BCUT2D eigenvalue weighted by atomic mass is 10.2. The van der Waals surface area contributed by atoms with E-state index in [2.05, 4.69) is 5.32 Å². The average molecular weight is 304 g/mol. The molecule has 21 heavy (non-hydrogen) atoms. The number of benzene rings is 1. The molecule has 108 valence electrons. The molecule has 1 aromatic heterocycles. The molecule has 2 aromatic rings. The summed E-state index contributed by atoms with van der Waals surface area (Å²) < 4.78 is 12.9. The lowest BCUT2D eigenvalue weighted by molar-refractivity contribution is -0.121. The van der Waals surface area contributed by atoms with E-state index >= 15 is 0 Å². The van der Waals surface area contributed by atoms with Crippen molar-refractivity contribution in [2.45, 2.75) is 19.0 Å². The highest BCUT2D eigenvalue weighted by Gasteiger charge is 2.39. The summed E-state index contributed by atoms with van der Waals surface area (Å²) in [6.07, 6.45) is 0.127. The Bertz CT molecular complexity index is 655. The number of nitrogens with zero attached hydrogens (tertiary/aromatic N) is 1. The first-order valence-corrected chi connectivity index (χ1v) is 7.41. The average Bonchev–Trinajstić information content (AvgIpc) is 3.07. The van der Waals surface area contributed by atoms with Gasteiger partial charge in [0, 0.05) is 11.4 Å². The minimum Gasteiger partial charge on any atom is -0.300 e. The number of hydrogen-bond donors (Lipinski definition) is 1. The summed E-state index contributed by atoms with van der Waals surface area (Å²) in [5.41, 5.74) is 0.409. The number of rotatable bonds is 4. The normalized spacial score (nSPS) is 18.5. The molecular weight excluding hydrogens is 291 g/mol. The molecular formula is C15H13FN2O2S. The minimum atomic E-state index is -0.523. The summed E-state index contributed by atoms with van der Waals surface area (Å²) in [4.78, 5) is 26.6. The van der Waals surface area contributed by atoms with Crippen LogP contribution in [-0.2, 0) is 16.1 Å². The molecule has 0 bridgehead atoms. The molecule has 6 heteroatoms. The second kappa shape index (κ2) is 5.75. The molecule has 0 spiro atoms. The van der Waals surface area contributed by atoms with Crippen LogP contribution in [0.1, 0.15) is 11.3 Å². The molecule has 1 N–H and O–H groups in total. The fraction of sp³-hybridized carbons (Fsp3) is 0.200. The lowest BCUT2D eigenvalue weighted by Crippen LogP contribution is -2.38. The van der Waals surface area contributed by atoms with Crippen LogP contribution in [0.5, 0.6) is 0 Å². The number of amides is 2. The maximum atomic E-state index is 12.9. The van der Waals surface area contributed by atoms with Gasteiger partial charge < -0.3 is 5.32 Å². The molecule has 1 fully saturated rings. The van der Waals surface area contributed by atoms with Crippen LogP contribution in [0.2, 0.25) is 0 Å². The highest BCUT2D eigenvalue weighted by molar-refractivity contribution is 7.09. The lowest BCUT2D eigenvalue weighted by Gasteiger charge is -2.15. The standard InChI is InChI=1S/C15H13FN2O2S/c16-10-3-5-11(6-4-10)18-14(19)8-13(15(18)20)17-9-12-2-1-7-21-12/h1-7,13,17H,8-9H2/t13-/m1/s1. The minimum absolute atomic E-state index is 0.127. The number of anilines is 1. The Labute approximate surface area is 125 Å². The zero-order valence-electron chi connectivity index (χ0n) is 11.1. The molecule has 0 aliphatic carbocycles. The first kappa shape index (κ1) is 13.9. The highest BCUT2D eigenvalue weighted by Crippen LogP contribution is 2.23. The van der Waals surface area contributed by atoms with E-state index in [9.17, 15) is 14.0 Å².